The first-order chi connectivity index (χ1) is 24.3. The fourth-order valence-electron chi connectivity index (χ4n) is 7.44. The molecule has 0 amide bonds. The quantitative estimate of drug-likeness (QED) is 0.178. The number of benzene rings is 7. The molecule has 10 rings (SSSR count). The maximum absolute atomic E-state index is 5.59. The maximum Gasteiger partial charge on any atom is 0.0898 e. The van der Waals surface area contributed by atoms with Gasteiger partial charge in [0.2, 0.25) is 0 Å². The van der Waals surface area contributed by atoms with Gasteiger partial charge in [0.1, 0.15) is 0 Å². The van der Waals surface area contributed by atoms with Crippen molar-refractivity contribution in [2.45, 2.75) is 6.42 Å². The van der Waals surface area contributed by atoms with Crippen LogP contribution in [0.1, 0.15) is 22.4 Å². The molecule has 0 unspecified atom stereocenters. The second kappa shape index (κ2) is 11.5. The lowest BCUT2D eigenvalue weighted by atomic mass is 9.94. The molecule has 230 valence electrons. The Balaban J connectivity index is 1.17. The normalized spacial score (nSPS) is 13.1. The third kappa shape index (κ3) is 4.69. The van der Waals surface area contributed by atoms with Crippen molar-refractivity contribution in [2.24, 2.45) is 4.99 Å². The van der Waals surface area contributed by atoms with Crippen molar-refractivity contribution < 1.29 is 0 Å². The fourth-order valence-corrected chi connectivity index (χ4v) is 9.93. The number of aliphatic imine (C=N–C) groups is 1. The van der Waals surface area contributed by atoms with Crippen LogP contribution in [-0.4, -0.2) is 5.71 Å². The SMILES string of the molecule is C1=C(c2ccc(-c3ccccc3)cc2)c2sc3ccccc3c2N=C(c2cc3sc4c(-c5ccccc5)cccc4c3c3ccccc23)C1. The van der Waals surface area contributed by atoms with Crippen LogP contribution in [0.5, 0.6) is 0 Å². The van der Waals surface area contributed by atoms with Gasteiger partial charge in [0.25, 0.3) is 0 Å². The molecule has 1 aliphatic rings. The molecule has 9 aromatic rings. The number of hydrogen-bond donors (Lipinski definition) is 0. The van der Waals surface area contributed by atoms with E-state index in [-0.39, 0.29) is 0 Å². The lowest BCUT2D eigenvalue weighted by molar-refractivity contribution is 1.44. The van der Waals surface area contributed by atoms with Gasteiger partial charge in [-0.25, -0.2) is 0 Å². The van der Waals surface area contributed by atoms with Crippen molar-refractivity contribution >= 4 is 80.7 Å². The number of nitrogens with zero attached hydrogens (tertiary/aromatic N) is 1. The standard InChI is InChI=1S/C46H29NS2/c1-3-12-29(13-4-1)30-22-24-32(25-23-30)34-26-27-40(47-44-37-18-9-10-21-41(37)48-46(34)44)39-28-42-43(36-17-8-7-16-35(36)39)38-20-11-19-33(45(38)49-42)31-14-5-2-6-15-31/h1-26,28H,27H2. The van der Waals surface area contributed by atoms with Gasteiger partial charge in [-0.3, -0.25) is 4.99 Å². The molecular weight excluding hydrogens is 631 g/mol. The zero-order valence-corrected chi connectivity index (χ0v) is 28.2. The van der Waals surface area contributed by atoms with Crippen LogP contribution in [0.2, 0.25) is 0 Å². The van der Waals surface area contributed by atoms with Crippen LogP contribution < -0.4 is 0 Å². The molecule has 0 aliphatic carbocycles. The number of hydrogen-bond acceptors (Lipinski definition) is 3. The molecule has 0 atom stereocenters. The molecule has 49 heavy (non-hydrogen) atoms. The summed E-state index contributed by atoms with van der Waals surface area (Å²) in [4.78, 5) is 6.83. The fraction of sp³-hybridized carbons (Fsp3) is 0.0217. The lowest BCUT2D eigenvalue weighted by Gasteiger charge is -2.10. The lowest BCUT2D eigenvalue weighted by Crippen LogP contribution is -2.00. The highest BCUT2D eigenvalue weighted by molar-refractivity contribution is 7.26. The minimum Gasteiger partial charge on any atom is -0.250 e. The largest absolute Gasteiger partial charge is 0.250 e. The molecule has 0 radical (unpaired) electrons. The van der Waals surface area contributed by atoms with Gasteiger partial charge in [0.15, 0.2) is 0 Å². The molecule has 1 aliphatic heterocycles. The molecule has 0 spiro atoms. The van der Waals surface area contributed by atoms with Crippen LogP contribution >= 0.6 is 22.7 Å². The van der Waals surface area contributed by atoms with Crippen LogP contribution in [0.25, 0.3) is 68.9 Å². The third-order valence-electron chi connectivity index (χ3n) is 9.76. The van der Waals surface area contributed by atoms with Gasteiger partial charge < -0.3 is 0 Å². The molecule has 0 saturated carbocycles. The van der Waals surface area contributed by atoms with E-state index in [4.69, 9.17) is 4.99 Å². The summed E-state index contributed by atoms with van der Waals surface area (Å²) in [5.41, 5.74) is 10.9. The minimum absolute atomic E-state index is 0.751. The Morgan fingerprint density at radius 1 is 0.449 bits per heavy atom. The first-order valence-corrected chi connectivity index (χ1v) is 18.3. The van der Waals surface area contributed by atoms with E-state index in [1.165, 1.54) is 84.9 Å². The molecule has 0 bridgehead atoms. The van der Waals surface area contributed by atoms with Gasteiger partial charge >= 0.3 is 0 Å². The van der Waals surface area contributed by atoms with Crippen molar-refractivity contribution in [3.8, 4) is 22.3 Å². The summed E-state index contributed by atoms with van der Waals surface area (Å²) in [5.74, 6) is 0. The van der Waals surface area contributed by atoms with E-state index in [2.05, 4.69) is 164 Å². The van der Waals surface area contributed by atoms with Gasteiger partial charge in [-0.15, -0.1) is 22.7 Å². The van der Waals surface area contributed by atoms with Gasteiger partial charge in [-0.05, 0) is 56.3 Å². The molecule has 3 heterocycles. The van der Waals surface area contributed by atoms with Crippen molar-refractivity contribution in [2.75, 3.05) is 0 Å². The summed E-state index contributed by atoms with van der Waals surface area (Å²) in [6.45, 7) is 0. The van der Waals surface area contributed by atoms with Crippen LogP contribution in [0.3, 0.4) is 0 Å². The van der Waals surface area contributed by atoms with Crippen LogP contribution in [0, 0.1) is 0 Å². The van der Waals surface area contributed by atoms with E-state index in [0.717, 1.165) is 17.8 Å². The molecule has 3 heteroatoms. The van der Waals surface area contributed by atoms with E-state index in [0.29, 0.717) is 0 Å². The average molecular weight is 660 g/mol. The molecule has 7 aromatic carbocycles. The highest BCUT2D eigenvalue weighted by atomic mass is 32.1. The van der Waals surface area contributed by atoms with E-state index in [1.807, 2.05) is 22.7 Å². The summed E-state index contributed by atoms with van der Waals surface area (Å²) in [7, 11) is 0. The zero-order valence-electron chi connectivity index (χ0n) is 26.6. The van der Waals surface area contributed by atoms with Crippen molar-refractivity contribution in [3.05, 3.63) is 180 Å². The molecule has 0 saturated heterocycles. The Morgan fingerprint density at radius 2 is 1.08 bits per heavy atom. The van der Waals surface area contributed by atoms with Crippen molar-refractivity contribution in [3.63, 3.8) is 0 Å². The first-order valence-electron chi connectivity index (χ1n) is 16.7. The Morgan fingerprint density at radius 3 is 1.88 bits per heavy atom. The molecule has 1 nitrogen and oxygen atoms in total. The van der Waals surface area contributed by atoms with E-state index < -0.39 is 0 Å². The number of allylic oxidation sites excluding steroid dienone is 1. The van der Waals surface area contributed by atoms with Crippen LogP contribution in [0.15, 0.2) is 169 Å². The topological polar surface area (TPSA) is 12.4 Å². The first kappa shape index (κ1) is 28.4. The van der Waals surface area contributed by atoms with Gasteiger partial charge in [-0.2, -0.15) is 0 Å². The van der Waals surface area contributed by atoms with Gasteiger partial charge in [0, 0.05) is 42.2 Å². The summed E-state index contributed by atoms with van der Waals surface area (Å²) >= 11 is 3.75. The third-order valence-corrected chi connectivity index (χ3v) is 12.1. The number of fused-ring (bicyclic) bond motifs is 8. The summed E-state index contributed by atoms with van der Waals surface area (Å²) in [6, 6.07) is 57.2. The Hall–Kier alpha value is -5.61. The summed E-state index contributed by atoms with van der Waals surface area (Å²) in [6.07, 6.45) is 3.16. The molecule has 0 fully saturated rings. The summed E-state index contributed by atoms with van der Waals surface area (Å²) in [5, 5.41) is 6.41. The number of thiophene rings is 2. The molecule has 0 N–H and O–H groups in total. The van der Waals surface area contributed by atoms with Gasteiger partial charge in [-0.1, -0.05) is 152 Å². The molecule has 2 aromatic heterocycles. The zero-order chi connectivity index (χ0) is 32.3. The Labute approximate surface area is 292 Å². The summed E-state index contributed by atoms with van der Waals surface area (Å²) < 4.78 is 3.90. The smallest absolute Gasteiger partial charge is 0.0898 e. The van der Waals surface area contributed by atoms with Gasteiger partial charge in [0.05, 0.1) is 16.3 Å². The van der Waals surface area contributed by atoms with E-state index in [1.54, 1.807) is 0 Å². The second-order valence-electron chi connectivity index (χ2n) is 12.6. The highest BCUT2D eigenvalue weighted by Crippen LogP contribution is 2.48. The maximum atomic E-state index is 5.59. The highest BCUT2D eigenvalue weighted by Gasteiger charge is 2.23. The Kier molecular flexibility index (Phi) is 6.68. The second-order valence-corrected chi connectivity index (χ2v) is 14.7. The monoisotopic (exact) mass is 659 g/mol. The average Bonchev–Trinajstić information content (AvgIpc) is 3.67. The predicted molar refractivity (Wildman–Crippen MR) is 214 cm³/mol. The van der Waals surface area contributed by atoms with Crippen LogP contribution in [-0.2, 0) is 0 Å². The minimum atomic E-state index is 0.751. The van der Waals surface area contributed by atoms with E-state index >= 15 is 0 Å². The van der Waals surface area contributed by atoms with Crippen molar-refractivity contribution in [1.29, 1.82) is 0 Å². The number of rotatable bonds is 4. The van der Waals surface area contributed by atoms with Crippen LogP contribution in [0.4, 0.5) is 5.69 Å². The Bertz CT molecular complexity index is 2760. The predicted octanol–water partition coefficient (Wildman–Crippen LogP) is 13.7. The van der Waals surface area contributed by atoms with Crippen molar-refractivity contribution in [1.82, 2.24) is 0 Å². The van der Waals surface area contributed by atoms with E-state index in [9.17, 15) is 0 Å². The molecular formula is C46H29NS2.